The predicted octanol–water partition coefficient (Wildman–Crippen LogP) is 2.57. The summed E-state index contributed by atoms with van der Waals surface area (Å²) in [5.74, 6) is 0. The van der Waals surface area contributed by atoms with E-state index in [1.807, 2.05) is 0 Å². The van der Waals surface area contributed by atoms with Crippen molar-refractivity contribution in [2.45, 2.75) is 38.8 Å². The Balaban J connectivity index is 1.79. The van der Waals surface area contributed by atoms with Gasteiger partial charge in [-0.1, -0.05) is 0 Å². The third-order valence-electron chi connectivity index (χ3n) is 4.66. The van der Waals surface area contributed by atoms with Gasteiger partial charge in [0.25, 0.3) is 0 Å². The van der Waals surface area contributed by atoms with E-state index in [1.54, 1.807) is 0 Å². The van der Waals surface area contributed by atoms with E-state index in [4.69, 9.17) is 0 Å². The molecular weight excluding hydrogens is 234 g/mol. The molecule has 0 spiro atoms. The number of hydrogen-bond acceptors (Lipinski definition) is 3. The van der Waals surface area contributed by atoms with Gasteiger partial charge in [0.15, 0.2) is 0 Å². The summed E-state index contributed by atoms with van der Waals surface area (Å²) in [7, 11) is 2.22. The number of rotatable bonds is 1. The zero-order valence-corrected chi connectivity index (χ0v) is 12.3. The smallest absolute Gasteiger partial charge is 0.0376 e. The number of anilines is 2. The van der Waals surface area contributed by atoms with Gasteiger partial charge in [0.2, 0.25) is 0 Å². The Bertz CT molecular complexity index is 457. The van der Waals surface area contributed by atoms with Crippen molar-refractivity contribution in [2.75, 3.05) is 36.9 Å². The van der Waals surface area contributed by atoms with Gasteiger partial charge in [0, 0.05) is 43.1 Å². The molecule has 19 heavy (non-hydrogen) atoms. The quantitative estimate of drug-likeness (QED) is 0.836. The number of benzene rings is 1. The Labute approximate surface area is 116 Å². The van der Waals surface area contributed by atoms with Gasteiger partial charge < -0.3 is 15.1 Å². The zero-order valence-electron chi connectivity index (χ0n) is 12.3. The van der Waals surface area contributed by atoms with E-state index >= 15 is 0 Å². The van der Waals surface area contributed by atoms with Crippen LogP contribution in [-0.2, 0) is 6.42 Å². The second-order valence-corrected chi connectivity index (χ2v) is 6.20. The van der Waals surface area contributed by atoms with Crippen molar-refractivity contribution in [1.29, 1.82) is 0 Å². The summed E-state index contributed by atoms with van der Waals surface area (Å²) in [6.45, 7) is 8.02. The van der Waals surface area contributed by atoms with Crippen molar-refractivity contribution < 1.29 is 0 Å². The zero-order chi connectivity index (χ0) is 13.4. The van der Waals surface area contributed by atoms with Gasteiger partial charge in [-0.2, -0.15) is 0 Å². The van der Waals surface area contributed by atoms with Crippen LogP contribution in [-0.4, -0.2) is 43.7 Å². The highest BCUT2D eigenvalue weighted by Crippen LogP contribution is 2.29. The lowest BCUT2D eigenvalue weighted by Crippen LogP contribution is -2.50. The molecule has 1 aromatic rings. The van der Waals surface area contributed by atoms with Gasteiger partial charge in [-0.05, 0) is 57.5 Å². The number of fused-ring (bicyclic) bond motifs is 1. The van der Waals surface area contributed by atoms with Crippen LogP contribution in [0.15, 0.2) is 18.2 Å². The van der Waals surface area contributed by atoms with Crippen LogP contribution in [0.3, 0.4) is 0 Å². The molecular formula is C16H25N3. The lowest BCUT2D eigenvalue weighted by molar-refractivity contribution is 0.234. The van der Waals surface area contributed by atoms with E-state index in [-0.39, 0.29) is 0 Å². The van der Waals surface area contributed by atoms with E-state index < -0.39 is 0 Å². The van der Waals surface area contributed by atoms with E-state index in [0.29, 0.717) is 12.1 Å². The van der Waals surface area contributed by atoms with Gasteiger partial charge in [-0.25, -0.2) is 0 Å². The third kappa shape index (κ3) is 2.57. The molecule has 0 aliphatic carbocycles. The minimum Gasteiger partial charge on any atom is -0.382 e. The number of nitrogens with zero attached hydrogens (tertiary/aromatic N) is 2. The molecule has 2 unspecified atom stereocenters. The Morgan fingerprint density at radius 1 is 1.21 bits per heavy atom. The number of aryl methyl sites for hydroxylation is 1. The van der Waals surface area contributed by atoms with Crippen LogP contribution in [0.5, 0.6) is 0 Å². The highest BCUT2D eigenvalue weighted by atomic mass is 15.3. The molecule has 0 radical (unpaired) electrons. The van der Waals surface area contributed by atoms with Crippen molar-refractivity contribution in [2.24, 2.45) is 0 Å². The minimum absolute atomic E-state index is 0.613. The number of likely N-dealkylation sites (N-methyl/N-ethyl adjacent to an activating group) is 1. The summed E-state index contributed by atoms with van der Waals surface area (Å²) >= 11 is 0. The number of piperazine rings is 1. The first-order chi connectivity index (χ1) is 9.13. The lowest BCUT2D eigenvalue weighted by atomic mass is 9.98. The average Bonchev–Trinajstić information content (AvgIpc) is 2.41. The largest absolute Gasteiger partial charge is 0.382 e. The predicted molar refractivity (Wildman–Crippen MR) is 82.2 cm³/mol. The highest BCUT2D eigenvalue weighted by molar-refractivity contribution is 5.62. The second kappa shape index (κ2) is 5.04. The third-order valence-corrected chi connectivity index (χ3v) is 4.66. The van der Waals surface area contributed by atoms with Gasteiger partial charge in [0.05, 0.1) is 0 Å². The molecule has 1 saturated heterocycles. The Kier molecular flexibility index (Phi) is 3.40. The fourth-order valence-electron chi connectivity index (χ4n) is 3.12. The number of nitrogens with one attached hydrogen (secondary N) is 1. The average molecular weight is 259 g/mol. The van der Waals surface area contributed by atoms with Crippen molar-refractivity contribution in [3.05, 3.63) is 23.8 Å². The maximum Gasteiger partial charge on any atom is 0.0376 e. The van der Waals surface area contributed by atoms with Crippen LogP contribution < -0.4 is 10.2 Å². The molecule has 104 valence electrons. The summed E-state index contributed by atoms with van der Waals surface area (Å²) in [6, 6.07) is 8.20. The van der Waals surface area contributed by atoms with Crippen LogP contribution in [0, 0.1) is 0 Å². The fraction of sp³-hybridized carbons (Fsp3) is 0.625. The normalized spacial score (nSPS) is 27.8. The van der Waals surface area contributed by atoms with Gasteiger partial charge >= 0.3 is 0 Å². The highest BCUT2D eigenvalue weighted by Gasteiger charge is 2.22. The maximum atomic E-state index is 3.58. The molecule has 3 heteroatoms. The van der Waals surface area contributed by atoms with Crippen LogP contribution in [0.4, 0.5) is 11.4 Å². The van der Waals surface area contributed by atoms with Gasteiger partial charge in [-0.3, -0.25) is 0 Å². The van der Waals surface area contributed by atoms with Crippen molar-refractivity contribution >= 4 is 11.4 Å². The molecule has 0 bridgehead atoms. The molecule has 0 saturated carbocycles. The fourth-order valence-corrected chi connectivity index (χ4v) is 3.12. The van der Waals surface area contributed by atoms with E-state index in [9.17, 15) is 0 Å². The Morgan fingerprint density at radius 2 is 2.05 bits per heavy atom. The van der Waals surface area contributed by atoms with Crippen LogP contribution in [0.1, 0.15) is 25.8 Å². The molecule has 3 rings (SSSR count). The summed E-state index contributed by atoms with van der Waals surface area (Å²) < 4.78 is 0. The van der Waals surface area contributed by atoms with E-state index in [2.05, 4.69) is 54.2 Å². The van der Waals surface area contributed by atoms with Crippen molar-refractivity contribution in [3.63, 3.8) is 0 Å². The molecule has 1 fully saturated rings. The first-order valence-corrected chi connectivity index (χ1v) is 7.48. The van der Waals surface area contributed by atoms with Crippen LogP contribution in [0.25, 0.3) is 0 Å². The number of hydrogen-bond donors (Lipinski definition) is 1. The summed E-state index contributed by atoms with van der Waals surface area (Å²) in [4.78, 5) is 4.97. The van der Waals surface area contributed by atoms with Crippen LogP contribution >= 0.6 is 0 Å². The van der Waals surface area contributed by atoms with Crippen LogP contribution in [0.2, 0.25) is 0 Å². The second-order valence-electron chi connectivity index (χ2n) is 6.20. The molecule has 1 N–H and O–H groups in total. The molecule has 2 atom stereocenters. The molecule has 0 amide bonds. The molecule has 3 nitrogen and oxygen atoms in total. The SMILES string of the molecule is CC1CCc2cc(N3CCN(C)C(C)C3)ccc2N1. The summed E-state index contributed by atoms with van der Waals surface area (Å²) in [5.41, 5.74) is 4.22. The molecule has 0 aromatic heterocycles. The Hall–Kier alpha value is -1.22. The van der Waals surface area contributed by atoms with Crippen molar-refractivity contribution in [1.82, 2.24) is 4.90 Å². The molecule has 2 heterocycles. The van der Waals surface area contributed by atoms with Gasteiger partial charge in [0.1, 0.15) is 0 Å². The Morgan fingerprint density at radius 3 is 2.84 bits per heavy atom. The molecule has 1 aromatic carbocycles. The molecule has 2 aliphatic rings. The van der Waals surface area contributed by atoms with E-state index in [1.165, 1.54) is 29.8 Å². The summed E-state index contributed by atoms with van der Waals surface area (Å²) in [5, 5.41) is 3.58. The maximum absolute atomic E-state index is 3.58. The van der Waals surface area contributed by atoms with Crippen molar-refractivity contribution in [3.8, 4) is 0 Å². The topological polar surface area (TPSA) is 18.5 Å². The first-order valence-electron chi connectivity index (χ1n) is 7.48. The standard InChI is InChI=1S/C16H25N3/c1-12-4-5-14-10-15(6-7-16(14)17-12)19-9-8-18(3)13(2)11-19/h6-7,10,12-13,17H,4-5,8-9,11H2,1-3H3. The summed E-state index contributed by atoms with van der Waals surface area (Å²) in [6.07, 6.45) is 2.45. The monoisotopic (exact) mass is 259 g/mol. The lowest BCUT2D eigenvalue weighted by Gasteiger charge is -2.39. The minimum atomic E-state index is 0.613. The van der Waals surface area contributed by atoms with E-state index in [0.717, 1.165) is 19.6 Å². The van der Waals surface area contributed by atoms with Gasteiger partial charge in [-0.15, -0.1) is 0 Å². The first kappa shape index (κ1) is 12.8. The molecule has 2 aliphatic heterocycles.